The highest BCUT2D eigenvalue weighted by Gasteiger charge is 2.03. The molecule has 0 fully saturated rings. The van der Waals surface area contributed by atoms with Gasteiger partial charge in [0, 0.05) is 27.9 Å². The first kappa shape index (κ1) is 9.53. The molecule has 2 aromatic rings. The van der Waals surface area contributed by atoms with E-state index in [1.807, 2.05) is 30.2 Å². The normalized spacial score (nSPS) is 11.1. The lowest BCUT2D eigenvalue weighted by molar-refractivity contribution is 1.11. The molecule has 0 saturated carbocycles. The van der Waals surface area contributed by atoms with E-state index in [1.165, 1.54) is 15.7 Å². The molecule has 0 unspecified atom stereocenters. The van der Waals surface area contributed by atoms with E-state index in [1.54, 1.807) is 0 Å². The molecule has 0 saturated heterocycles. The third kappa shape index (κ3) is 1.90. The summed E-state index contributed by atoms with van der Waals surface area (Å²) in [4.78, 5) is 5.52. The Labute approximate surface area is 88.6 Å². The average molecular weight is 203 g/mol. The average Bonchev–Trinajstić information content (AvgIpc) is 2.18. The fourth-order valence-electron chi connectivity index (χ4n) is 1.44. The number of aromatic nitrogens is 1. The van der Waals surface area contributed by atoms with Crippen molar-refractivity contribution in [2.45, 2.75) is 24.0 Å². The summed E-state index contributed by atoms with van der Waals surface area (Å²) in [6.07, 6.45) is 3.87. The van der Waals surface area contributed by atoms with Gasteiger partial charge in [-0.1, -0.05) is 38.1 Å². The minimum Gasteiger partial charge on any atom is -0.263 e. The smallest absolute Gasteiger partial charge is 0.0410 e. The van der Waals surface area contributed by atoms with Gasteiger partial charge in [0.2, 0.25) is 0 Å². The molecule has 0 aliphatic heterocycles. The molecule has 1 heterocycles. The monoisotopic (exact) mass is 203 g/mol. The highest BCUT2D eigenvalue weighted by Crippen LogP contribution is 2.29. The first-order valence-corrected chi connectivity index (χ1v) is 5.65. The van der Waals surface area contributed by atoms with E-state index in [-0.39, 0.29) is 0 Å². The van der Waals surface area contributed by atoms with Crippen LogP contribution >= 0.6 is 11.8 Å². The van der Waals surface area contributed by atoms with E-state index < -0.39 is 0 Å². The van der Waals surface area contributed by atoms with Gasteiger partial charge >= 0.3 is 0 Å². The predicted octanol–water partition coefficient (Wildman–Crippen LogP) is 3.74. The van der Waals surface area contributed by atoms with Crippen LogP contribution in [-0.2, 0) is 0 Å². The number of thioether (sulfide) groups is 1. The van der Waals surface area contributed by atoms with Crippen LogP contribution in [0.2, 0.25) is 0 Å². The molecule has 14 heavy (non-hydrogen) atoms. The molecule has 1 aromatic heterocycles. The zero-order valence-electron chi connectivity index (χ0n) is 8.40. The molecule has 0 aliphatic rings. The number of benzene rings is 1. The molecule has 0 radical (unpaired) electrons. The summed E-state index contributed by atoms with van der Waals surface area (Å²) in [7, 11) is 0. The summed E-state index contributed by atoms with van der Waals surface area (Å²) in [6.45, 7) is 4.40. The van der Waals surface area contributed by atoms with Crippen molar-refractivity contribution in [1.82, 2.24) is 4.98 Å². The van der Waals surface area contributed by atoms with Crippen LogP contribution in [0.15, 0.2) is 41.6 Å². The van der Waals surface area contributed by atoms with E-state index in [9.17, 15) is 0 Å². The molecule has 0 N–H and O–H groups in total. The standard InChI is InChI=1S/C12H13NS/c1-9(2)14-12-8-13-7-10-5-3-4-6-11(10)12/h3-9H,1-2H3. The molecule has 72 valence electrons. The summed E-state index contributed by atoms with van der Waals surface area (Å²) < 4.78 is 0. The van der Waals surface area contributed by atoms with E-state index in [2.05, 4.69) is 37.0 Å². The summed E-state index contributed by atoms with van der Waals surface area (Å²) in [6, 6.07) is 8.38. The van der Waals surface area contributed by atoms with Gasteiger partial charge in [-0.15, -0.1) is 11.8 Å². The van der Waals surface area contributed by atoms with Crippen LogP contribution in [-0.4, -0.2) is 10.2 Å². The van der Waals surface area contributed by atoms with Crippen LogP contribution in [0, 0.1) is 0 Å². The molecule has 0 spiro atoms. The summed E-state index contributed by atoms with van der Waals surface area (Å²) in [5.74, 6) is 0. The summed E-state index contributed by atoms with van der Waals surface area (Å²) >= 11 is 1.87. The Hall–Kier alpha value is -1.02. The van der Waals surface area contributed by atoms with Crippen molar-refractivity contribution >= 4 is 22.5 Å². The Balaban J connectivity index is 2.53. The highest BCUT2D eigenvalue weighted by molar-refractivity contribution is 8.00. The molecule has 1 aromatic carbocycles. The number of pyridine rings is 1. The molecule has 2 heteroatoms. The van der Waals surface area contributed by atoms with Gasteiger partial charge in [-0.3, -0.25) is 4.98 Å². The van der Waals surface area contributed by atoms with Crippen LogP contribution in [0.3, 0.4) is 0 Å². The quantitative estimate of drug-likeness (QED) is 0.690. The second-order valence-electron chi connectivity index (χ2n) is 3.53. The molecule has 1 nitrogen and oxygen atoms in total. The Morgan fingerprint density at radius 3 is 2.71 bits per heavy atom. The zero-order valence-corrected chi connectivity index (χ0v) is 9.21. The molecule has 0 amide bonds. The largest absolute Gasteiger partial charge is 0.263 e. The number of hydrogen-bond donors (Lipinski definition) is 0. The van der Waals surface area contributed by atoms with Crippen LogP contribution in [0.25, 0.3) is 10.8 Å². The third-order valence-corrected chi connectivity index (χ3v) is 3.04. The maximum absolute atomic E-state index is 4.25. The Bertz CT molecular complexity index is 432. The first-order chi connectivity index (χ1) is 6.77. The maximum atomic E-state index is 4.25. The van der Waals surface area contributed by atoms with Crippen molar-refractivity contribution in [3.05, 3.63) is 36.7 Å². The molecular formula is C12H13NS. The lowest BCUT2D eigenvalue weighted by atomic mass is 10.2. The zero-order chi connectivity index (χ0) is 9.97. The van der Waals surface area contributed by atoms with Gasteiger partial charge in [0.05, 0.1) is 0 Å². The van der Waals surface area contributed by atoms with E-state index in [0.29, 0.717) is 5.25 Å². The van der Waals surface area contributed by atoms with Gasteiger partial charge in [-0.25, -0.2) is 0 Å². The maximum Gasteiger partial charge on any atom is 0.0410 e. The number of rotatable bonds is 2. The minimum absolute atomic E-state index is 0.600. The van der Waals surface area contributed by atoms with Crippen LogP contribution in [0.5, 0.6) is 0 Å². The van der Waals surface area contributed by atoms with Crippen LogP contribution < -0.4 is 0 Å². The number of hydrogen-bond acceptors (Lipinski definition) is 2. The van der Waals surface area contributed by atoms with Gasteiger partial charge in [-0.05, 0) is 5.39 Å². The van der Waals surface area contributed by atoms with E-state index in [0.717, 1.165) is 0 Å². The highest BCUT2D eigenvalue weighted by atomic mass is 32.2. The van der Waals surface area contributed by atoms with Crippen molar-refractivity contribution in [2.75, 3.05) is 0 Å². The topological polar surface area (TPSA) is 12.9 Å². The third-order valence-electron chi connectivity index (χ3n) is 1.99. The minimum atomic E-state index is 0.600. The van der Waals surface area contributed by atoms with Gasteiger partial charge in [0.15, 0.2) is 0 Å². The van der Waals surface area contributed by atoms with E-state index >= 15 is 0 Å². The molecular weight excluding hydrogens is 190 g/mol. The van der Waals surface area contributed by atoms with Crippen molar-refractivity contribution in [1.29, 1.82) is 0 Å². The summed E-state index contributed by atoms with van der Waals surface area (Å²) in [5.41, 5.74) is 0. The molecule has 0 bridgehead atoms. The second kappa shape index (κ2) is 4.01. The fourth-order valence-corrected chi connectivity index (χ4v) is 2.38. The van der Waals surface area contributed by atoms with Gasteiger partial charge in [-0.2, -0.15) is 0 Å². The SMILES string of the molecule is CC(C)Sc1cncc2ccccc12. The molecule has 2 rings (SSSR count). The first-order valence-electron chi connectivity index (χ1n) is 4.77. The predicted molar refractivity (Wildman–Crippen MR) is 62.7 cm³/mol. The molecule has 0 aliphatic carbocycles. The van der Waals surface area contributed by atoms with Crippen LogP contribution in [0.4, 0.5) is 0 Å². The molecule has 0 atom stereocenters. The van der Waals surface area contributed by atoms with Crippen molar-refractivity contribution < 1.29 is 0 Å². The number of fused-ring (bicyclic) bond motifs is 1. The van der Waals surface area contributed by atoms with Crippen molar-refractivity contribution in [2.24, 2.45) is 0 Å². The Morgan fingerprint density at radius 2 is 1.93 bits per heavy atom. The number of nitrogens with zero attached hydrogens (tertiary/aromatic N) is 1. The fraction of sp³-hybridized carbons (Fsp3) is 0.250. The lowest BCUT2D eigenvalue weighted by Gasteiger charge is -2.07. The van der Waals surface area contributed by atoms with Crippen LogP contribution in [0.1, 0.15) is 13.8 Å². The van der Waals surface area contributed by atoms with Gasteiger partial charge in [0.25, 0.3) is 0 Å². The second-order valence-corrected chi connectivity index (χ2v) is 5.14. The Morgan fingerprint density at radius 1 is 1.14 bits per heavy atom. The van der Waals surface area contributed by atoms with Gasteiger partial charge in [0.1, 0.15) is 0 Å². The van der Waals surface area contributed by atoms with Crippen molar-refractivity contribution in [3.8, 4) is 0 Å². The van der Waals surface area contributed by atoms with Gasteiger partial charge < -0.3 is 0 Å². The Kier molecular flexibility index (Phi) is 2.73. The van der Waals surface area contributed by atoms with E-state index in [4.69, 9.17) is 0 Å². The summed E-state index contributed by atoms with van der Waals surface area (Å²) in [5, 5.41) is 3.13. The van der Waals surface area contributed by atoms with Crippen molar-refractivity contribution in [3.63, 3.8) is 0 Å². The lowest BCUT2D eigenvalue weighted by Crippen LogP contribution is -1.88.